The maximum atomic E-state index is 12.5. The van der Waals surface area contributed by atoms with E-state index in [1.54, 1.807) is 22.2 Å². The molecule has 1 fully saturated rings. The molecule has 0 bridgehead atoms. The van der Waals surface area contributed by atoms with E-state index in [4.69, 9.17) is 0 Å². The summed E-state index contributed by atoms with van der Waals surface area (Å²) in [6, 6.07) is 11.8. The number of carbonyl (C=O) groups excluding carboxylic acids is 2. The smallest absolute Gasteiger partial charge is 0.320 e. The number of nitrogens with one attached hydrogen (secondary N) is 1. The van der Waals surface area contributed by atoms with Gasteiger partial charge in [0.15, 0.2) is 0 Å². The molecule has 1 saturated heterocycles. The number of pyridine rings is 1. The number of carbonyl (C=O) groups is 2. The van der Waals surface area contributed by atoms with Crippen LogP contribution in [0.5, 0.6) is 0 Å². The van der Waals surface area contributed by atoms with Crippen LogP contribution in [0.2, 0.25) is 0 Å². The van der Waals surface area contributed by atoms with Gasteiger partial charge in [-0.15, -0.1) is 0 Å². The Balaban J connectivity index is 1.49. The van der Waals surface area contributed by atoms with Gasteiger partial charge in [0.2, 0.25) is 5.91 Å². The molecule has 0 radical (unpaired) electrons. The third kappa shape index (κ3) is 4.56. The van der Waals surface area contributed by atoms with Gasteiger partial charge in [0.25, 0.3) is 0 Å². The van der Waals surface area contributed by atoms with Crippen LogP contribution in [0.1, 0.15) is 16.7 Å². The van der Waals surface area contributed by atoms with Crippen molar-refractivity contribution in [3.05, 3.63) is 65.5 Å². The third-order valence-electron chi connectivity index (χ3n) is 4.18. The quantitative estimate of drug-likeness (QED) is 0.875. The number of hydrogen-bond donors (Lipinski definition) is 1. The molecule has 3 amide bonds. The molecule has 0 atom stereocenters. The standard InChI is InChI=1S/C19H22N4O2/c1-15-4-2-5-16(10-15)13-22-8-9-23(19(22)25)14-18(24)21-12-17-6-3-7-20-11-17/h2-7,10-11H,8-9,12-14H2,1H3,(H,21,24). The molecule has 6 nitrogen and oxygen atoms in total. The summed E-state index contributed by atoms with van der Waals surface area (Å²) in [7, 11) is 0. The first kappa shape index (κ1) is 17.0. The highest BCUT2D eigenvalue weighted by molar-refractivity contribution is 5.85. The second kappa shape index (κ2) is 7.79. The molecule has 0 unspecified atom stereocenters. The number of hydrogen-bond acceptors (Lipinski definition) is 3. The molecule has 2 aromatic rings. The second-order valence-electron chi connectivity index (χ2n) is 6.25. The van der Waals surface area contributed by atoms with Crippen molar-refractivity contribution in [3.63, 3.8) is 0 Å². The predicted molar refractivity (Wildman–Crippen MR) is 94.6 cm³/mol. The van der Waals surface area contributed by atoms with Crippen LogP contribution in [0.4, 0.5) is 4.79 Å². The Morgan fingerprint density at radius 2 is 1.96 bits per heavy atom. The lowest BCUT2D eigenvalue weighted by atomic mass is 10.1. The molecule has 1 aliphatic heterocycles. The zero-order valence-electron chi connectivity index (χ0n) is 14.3. The lowest BCUT2D eigenvalue weighted by molar-refractivity contribution is -0.121. The van der Waals surface area contributed by atoms with Crippen molar-refractivity contribution < 1.29 is 9.59 Å². The second-order valence-corrected chi connectivity index (χ2v) is 6.25. The van der Waals surface area contributed by atoms with Crippen LogP contribution < -0.4 is 5.32 Å². The zero-order valence-corrected chi connectivity index (χ0v) is 14.3. The molecule has 1 aromatic carbocycles. The van der Waals surface area contributed by atoms with Crippen LogP contribution in [0.3, 0.4) is 0 Å². The van der Waals surface area contributed by atoms with Crippen molar-refractivity contribution in [3.8, 4) is 0 Å². The summed E-state index contributed by atoms with van der Waals surface area (Å²) in [5, 5.41) is 2.83. The highest BCUT2D eigenvalue weighted by atomic mass is 16.2. The van der Waals surface area contributed by atoms with Crippen LogP contribution in [0, 0.1) is 6.92 Å². The molecule has 130 valence electrons. The van der Waals surface area contributed by atoms with Gasteiger partial charge in [-0.25, -0.2) is 4.79 Å². The van der Waals surface area contributed by atoms with E-state index in [9.17, 15) is 9.59 Å². The Morgan fingerprint density at radius 1 is 1.16 bits per heavy atom. The summed E-state index contributed by atoms with van der Waals surface area (Å²) in [6.45, 7) is 4.33. The van der Waals surface area contributed by atoms with Crippen LogP contribution in [-0.2, 0) is 17.9 Å². The number of amides is 3. The van der Waals surface area contributed by atoms with Crippen molar-refractivity contribution >= 4 is 11.9 Å². The summed E-state index contributed by atoms with van der Waals surface area (Å²) >= 11 is 0. The molecule has 0 aliphatic carbocycles. The Bertz CT molecular complexity index is 748. The molecule has 2 heterocycles. The van der Waals surface area contributed by atoms with Gasteiger partial charge in [0, 0.05) is 38.6 Å². The molecule has 0 saturated carbocycles. The summed E-state index contributed by atoms with van der Waals surface area (Å²) in [5.74, 6) is -0.158. The van der Waals surface area contributed by atoms with Crippen molar-refractivity contribution in [2.75, 3.05) is 19.6 Å². The molecule has 1 aliphatic rings. The van der Waals surface area contributed by atoms with Gasteiger partial charge in [0.05, 0.1) is 0 Å². The predicted octanol–water partition coefficient (Wildman–Crippen LogP) is 1.94. The Hall–Kier alpha value is -2.89. The number of benzene rings is 1. The van der Waals surface area contributed by atoms with E-state index < -0.39 is 0 Å². The minimum atomic E-state index is -0.158. The van der Waals surface area contributed by atoms with Crippen LogP contribution >= 0.6 is 0 Å². The number of aryl methyl sites for hydroxylation is 1. The maximum Gasteiger partial charge on any atom is 0.320 e. The fourth-order valence-corrected chi connectivity index (χ4v) is 2.89. The fraction of sp³-hybridized carbons (Fsp3) is 0.316. The molecule has 6 heteroatoms. The Labute approximate surface area is 147 Å². The third-order valence-corrected chi connectivity index (χ3v) is 4.18. The van der Waals surface area contributed by atoms with Crippen molar-refractivity contribution in [2.45, 2.75) is 20.0 Å². The maximum absolute atomic E-state index is 12.5. The van der Waals surface area contributed by atoms with E-state index in [0.29, 0.717) is 26.2 Å². The summed E-state index contributed by atoms with van der Waals surface area (Å²) in [5.41, 5.74) is 3.22. The van der Waals surface area contributed by atoms with E-state index in [1.807, 2.05) is 37.3 Å². The van der Waals surface area contributed by atoms with Gasteiger partial charge in [-0.2, -0.15) is 0 Å². The lowest BCUT2D eigenvalue weighted by Gasteiger charge is -2.18. The Kier molecular flexibility index (Phi) is 5.28. The van der Waals surface area contributed by atoms with E-state index in [2.05, 4.69) is 16.4 Å². The molecule has 1 aromatic heterocycles. The summed E-state index contributed by atoms with van der Waals surface area (Å²) < 4.78 is 0. The van der Waals surface area contributed by atoms with Gasteiger partial charge < -0.3 is 15.1 Å². The van der Waals surface area contributed by atoms with E-state index in [0.717, 1.165) is 11.1 Å². The summed E-state index contributed by atoms with van der Waals surface area (Å²) in [6.07, 6.45) is 3.40. The van der Waals surface area contributed by atoms with Gasteiger partial charge in [0.1, 0.15) is 6.54 Å². The zero-order chi connectivity index (χ0) is 17.6. The summed E-state index contributed by atoms with van der Waals surface area (Å²) in [4.78, 5) is 31.9. The molecule has 1 N–H and O–H groups in total. The molecule has 25 heavy (non-hydrogen) atoms. The molecule has 0 spiro atoms. The highest BCUT2D eigenvalue weighted by Crippen LogP contribution is 2.14. The number of nitrogens with zero attached hydrogens (tertiary/aromatic N) is 3. The molecular formula is C19H22N4O2. The first-order valence-corrected chi connectivity index (χ1v) is 8.37. The first-order chi connectivity index (χ1) is 12.1. The van der Waals surface area contributed by atoms with Gasteiger partial charge >= 0.3 is 6.03 Å². The van der Waals surface area contributed by atoms with Gasteiger partial charge in [-0.3, -0.25) is 9.78 Å². The van der Waals surface area contributed by atoms with Crippen LogP contribution in [0.15, 0.2) is 48.8 Å². The topological polar surface area (TPSA) is 65.5 Å². The van der Waals surface area contributed by atoms with Gasteiger partial charge in [-0.05, 0) is 24.1 Å². The monoisotopic (exact) mass is 338 g/mol. The SMILES string of the molecule is Cc1cccc(CN2CCN(CC(=O)NCc3cccnc3)C2=O)c1. The van der Waals surface area contributed by atoms with Gasteiger partial charge in [-0.1, -0.05) is 35.9 Å². The fourth-order valence-electron chi connectivity index (χ4n) is 2.89. The van der Waals surface area contributed by atoms with Crippen molar-refractivity contribution in [1.29, 1.82) is 0 Å². The largest absolute Gasteiger partial charge is 0.350 e. The average molecular weight is 338 g/mol. The molecular weight excluding hydrogens is 316 g/mol. The Morgan fingerprint density at radius 3 is 2.72 bits per heavy atom. The van der Waals surface area contributed by atoms with E-state index >= 15 is 0 Å². The normalized spacial score (nSPS) is 14.0. The van der Waals surface area contributed by atoms with Crippen molar-refractivity contribution in [2.24, 2.45) is 0 Å². The lowest BCUT2D eigenvalue weighted by Crippen LogP contribution is -2.39. The van der Waals surface area contributed by atoms with Crippen LogP contribution in [-0.4, -0.2) is 46.4 Å². The van der Waals surface area contributed by atoms with Crippen LogP contribution in [0.25, 0.3) is 0 Å². The van der Waals surface area contributed by atoms with Crippen molar-refractivity contribution in [1.82, 2.24) is 20.1 Å². The number of aromatic nitrogens is 1. The van der Waals surface area contributed by atoms with E-state index in [1.165, 1.54) is 5.56 Å². The number of urea groups is 1. The minimum absolute atomic E-state index is 0.0852. The average Bonchev–Trinajstić information content (AvgIpc) is 2.94. The first-order valence-electron chi connectivity index (χ1n) is 8.37. The minimum Gasteiger partial charge on any atom is -0.350 e. The number of rotatable bonds is 6. The molecule has 3 rings (SSSR count). The highest BCUT2D eigenvalue weighted by Gasteiger charge is 2.29. The van der Waals surface area contributed by atoms with E-state index in [-0.39, 0.29) is 18.5 Å².